The molecule has 1 fully saturated rings. The molecule has 4 nitrogen and oxygen atoms in total. The van der Waals surface area contributed by atoms with Gasteiger partial charge in [-0.1, -0.05) is 40.2 Å². The Balaban J connectivity index is 2.48. The lowest BCUT2D eigenvalue weighted by molar-refractivity contribution is -0.171. The van der Waals surface area contributed by atoms with Crippen molar-refractivity contribution in [2.45, 2.75) is 72.5 Å². The molecule has 130 valence electrons. The molecule has 1 N–H and O–H groups in total. The van der Waals surface area contributed by atoms with Crippen LogP contribution in [-0.2, 0) is 14.3 Å². The third-order valence-corrected chi connectivity index (χ3v) is 5.84. The van der Waals surface area contributed by atoms with E-state index in [4.69, 9.17) is 4.74 Å². The normalized spacial score (nSPS) is 37.6. The van der Waals surface area contributed by atoms with Crippen molar-refractivity contribution in [2.75, 3.05) is 0 Å². The maximum Gasteiger partial charge on any atom is 0.308 e. The SMILES string of the molecule is CC1=CC(=O)C2(C)CCC(O)(C(C)C)C2C(OC(=O)C(C)C)C1. The monoisotopic (exact) mass is 322 g/mol. The van der Waals surface area contributed by atoms with Gasteiger partial charge in [0.05, 0.1) is 11.5 Å². The van der Waals surface area contributed by atoms with E-state index in [9.17, 15) is 14.7 Å². The van der Waals surface area contributed by atoms with Crippen LogP contribution in [-0.4, -0.2) is 28.6 Å². The maximum atomic E-state index is 12.8. The molecule has 0 saturated heterocycles. The van der Waals surface area contributed by atoms with Crippen LogP contribution in [0, 0.1) is 23.2 Å². The molecule has 2 aliphatic rings. The van der Waals surface area contributed by atoms with E-state index in [0.717, 1.165) is 5.57 Å². The fourth-order valence-corrected chi connectivity index (χ4v) is 4.26. The summed E-state index contributed by atoms with van der Waals surface area (Å²) in [4.78, 5) is 25.0. The molecule has 0 radical (unpaired) electrons. The van der Waals surface area contributed by atoms with Crippen molar-refractivity contribution in [1.82, 2.24) is 0 Å². The largest absolute Gasteiger partial charge is 0.461 e. The van der Waals surface area contributed by atoms with Crippen molar-refractivity contribution >= 4 is 11.8 Å². The summed E-state index contributed by atoms with van der Waals surface area (Å²) in [7, 11) is 0. The molecule has 2 aliphatic carbocycles. The van der Waals surface area contributed by atoms with Gasteiger partial charge < -0.3 is 9.84 Å². The van der Waals surface area contributed by atoms with Gasteiger partial charge in [0.2, 0.25) is 0 Å². The Morgan fingerprint density at radius 2 is 1.91 bits per heavy atom. The van der Waals surface area contributed by atoms with Gasteiger partial charge in [-0.3, -0.25) is 9.59 Å². The number of esters is 1. The zero-order valence-corrected chi connectivity index (χ0v) is 15.2. The second kappa shape index (κ2) is 6.04. The molecule has 0 aliphatic heterocycles. The van der Waals surface area contributed by atoms with Gasteiger partial charge in [0.25, 0.3) is 0 Å². The van der Waals surface area contributed by atoms with Gasteiger partial charge in [0.1, 0.15) is 6.10 Å². The standard InChI is InChI=1S/C19H30O4/c1-11(2)17(21)23-14-9-13(5)10-15(20)18(6)7-8-19(22,12(3)4)16(14)18/h10-12,14,16,22H,7-9H2,1-6H3. The van der Waals surface area contributed by atoms with Gasteiger partial charge in [-0.15, -0.1) is 0 Å². The minimum Gasteiger partial charge on any atom is -0.461 e. The molecule has 0 bridgehead atoms. The van der Waals surface area contributed by atoms with E-state index < -0.39 is 17.1 Å². The predicted molar refractivity (Wildman–Crippen MR) is 88.7 cm³/mol. The lowest BCUT2D eigenvalue weighted by atomic mass is 9.67. The average Bonchev–Trinajstić information content (AvgIpc) is 2.67. The van der Waals surface area contributed by atoms with E-state index in [1.165, 1.54) is 0 Å². The number of ether oxygens (including phenoxy) is 1. The smallest absolute Gasteiger partial charge is 0.308 e. The molecule has 23 heavy (non-hydrogen) atoms. The first-order chi connectivity index (χ1) is 10.5. The molecular weight excluding hydrogens is 292 g/mol. The van der Waals surface area contributed by atoms with Crippen LogP contribution in [0.3, 0.4) is 0 Å². The fourth-order valence-electron chi connectivity index (χ4n) is 4.26. The Kier molecular flexibility index (Phi) is 4.78. The van der Waals surface area contributed by atoms with E-state index in [1.54, 1.807) is 19.9 Å². The van der Waals surface area contributed by atoms with E-state index in [-0.39, 0.29) is 29.5 Å². The third-order valence-electron chi connectivity index (χ3n) is 5.84. The van der Waals surface area contributed by atoms with Crippen molar-refractivity contribution in [2.24, 2.45) is 23.2 Å². The first-order valence-corrected chi connectivity index (χ1v) is 8.67. The van der Waals surface area contributed by atoms with Crippen molar-refractivity contribution in [3.63, 3.8) is 0 Å². The average molecular weight is 322 g/mol. The van der Waals surface area contributed by atoms with E-state index in [0.29, 0.717) is 19.3 Å². The van der Waals surface area contributed by atoms with E-state index in [1.807, 2.05) is 27.7 Å². The molecule has 4 atom stereocenters. The second-order valence-electron chi connectivity index (χ2n) is 8.23. The highest BCUT2D eigenvalue weighted by Crippen LogP contribution is 2.56. The molecule has 0 aromatic heterocycles. The summed E-state index contributed by atoms with van der Waals surface area (Å²) in [6.45, 7) is 11.4. The maximum absolute atomic E-state index is 12.8. The van der Waals surface area contributed by atoms with Gasteiger partial charge in [0, 0.05) is 17.8 Å². The third kappa shape index (κ3) is 2.98. The van der Waals surface area contributed by atoms with Crippen LogP contribution >= 0.6 is 0 Å². The number of hydrogen-bond donors (Lipinski definition) is 1. The van der Waals surface area contributed by atoms with E-state index in [2.05, 4.69) is 0 Å². The van der Waals surface area contributed by atoms with Gasteiger partial charge >= 0.3 is 5.97 Å². The van der Waals surface area contributed by atoms with Crippen molar-refractivity contribution < 1.29 is 19.4 Å². The van der Waals surface area contributed by atoms with Gasteiger partial charge in [-0.25, -0.2) is 0 Å². The first-order valence-electron chi connectivity index (χ1n) is 8.67. The predicted octanol–water partition coefficient (Wildman–Crippen LogP) is 3.28. The summed E-state index contributed by atoms with van der Waals surface area (Å²) in [5.74, 6) is -0.796. The summed E-state index contributed by atoms with van der Waals surface area (Å²) in [6.07, 6.45) is 2.94. The Morgan fingerprint density at radius 3 is 2.43 bits per heavy atom. The molecular formula is C19H30O4. The number of ketones is 1. The van der Waals surface area contributed by atoms with Crippen LogP contribution in [0.4, 0.5) is 0 Å². The summed E-state index contributed by atoms with van der Waals surface area (Å²) < 4.78 is 5.78. The molecule has 0 heterocycles. The quantitative estimate of drug-likeness (QED) is 0.810. The van der Waals surface area contributed by atoms with Crippen LogP contribution in [0.2, 0.25) is 0 Å². The Labute approximate surface area is 139 Å². The number of fused-ring (bicyclic) bond motifs is 1. The molecule has 1 saturated carbocycles. The highest BCUT2D eigenvalue weighted by Gasteiger charge is 2.62. The summed E-state index contributed by atoms with van der Waals surface area (Å²) >= 11 is 0. The number of allylic oxidation sites excluding steroid dienone is 1. The number of aliphatic hydroxyl groups is 1. The molecule has 0 aromatic carbocycles. The van der Waals surface area contributed by atoms with Crippen LogP contribution in [0.5, 0.6) is 0 Å². The van der Waals surface area contributed by atoms with Gasteiger partial charge in [0.15, 0.2) is 5.78 Å². The minimum absolute atomic E-state index is 0.000725. The molecule has 0 aromatic rings. The number of rotatable bonds is 3. The lowest BCUT2D eigenvalue weighted by Gasteiger charge is -2.43. The molecule has 2 rings (SSSR count). The van der Waals surface area contributed by atoms with Crippen LogP contribution in [0.1, 0.15) is 60.8 Å². The van der Waals surface area contributed by atoms with Crippen molar-refractivity contribution in [1.29, 1.82) is 0 Å². The number of carbonyl (C=O) groups excluding carboxylic acids is 2. The minimum atomic E-state index is -0.981. The Morgan fingerprint density at radius 1 is 1.30 bits per heavy atom. The van der Waals surface area contributed by atoms with Crippen LogP contribution < -0.4 is 0 Å². The number of hydrogen-bond acceptors (Lipinski definition) is 4. The summed E-state index contributed by atoms with van der Waals surface area (Å²) in [5.41, 5.74) is -0.734. The van der Waals surface area contributed by atoms with Crippen LogP contribution in [0.15, 0.2) is 11.6 Å². The molecule has 0 amide bonds. The zero-order chi connectivity index (χ0) is 17.6. The van der Waals surface area contributed by atoms with Gasteiger partial charge in [-0.2, -0.15) is 0 Å². The van der Waals surface area contributed by atoms with Gasteiger partial charge in [-0.05, 0) is 31.8 Å². The zero-order valence-electron chi connectivity index (χ0n) is 15.2. The van der Waals surface area contributed by atoms with Crippen molar-refractivity contribution in [3.8, 4) is 0 Å². The highest BCUT2D eigenvalue weighted by atomic mass is 16.5. The molecule has 0 spiro atoms. The first kappa shape index (κ1) is 18.2. The fraction of sp³-hybridized carbons (Fsp3) is 0.789. The lowest BCUT2D eigenvalue weighted by Crippen LogP contribution is -2.52. The second-order valence-corrected chi connectivity index (χ2v) is 8.23. The molecule has 4 heteroatoms. The topological polar surface area (TPSA) is 63.6 Å². The Hall–Kier alpha value is -1.16. The summed E-state index contributed by atoms with van der Waals surface area (Å²) in [5, 5.41) is 11.3. The molecule has 4 unspecified atom stereocenters. The Bertz CT molecular complexity index is 533. The van der Waals surface area contributed by atoms with Crippen LogP contribution in [0.25, 0.3) is 0 Å². The van der Waals surface area contributed by atoms with E-state index >= 15 is 0 Å². The van der Waals surface area contributed by atoms with Crippen molar-refractivity contribution in [3.05, 3.63) is 11.6 Å². The highest BCUT2D eigenvalue weighted by molar-refractivity contribution is 5.96. The number of carbonyl (C=O) groups is 2. The summed E-state index contributed by atoms with van der Waals surface area (Å²) in [6, 6.07) is 0.